The van der Waals surface area contributed by atoms with Gasteiger partial charge in [0.25, 0.3) is 10.0 Å². The molecule has 1 saturated heterocycles. The van der Waals surface area contributed by atoms with E-state index >= 15 is 0 Å². The third-order valence-electron chi connectivity index (χ3n) is 6.65. The molecular weight excluding hydrogens is 490 g/mol. The number of nitrogens with zero attached hydrogens (tertiary/aromatic N) is 3. The Hall–Kier alpha value is -2.13. The zero-order chi connectivity index (χ0) is 25.9. The van der Waals surface area contributed by atoms with E-state index in [0.29, 0.717) is 23.3 Å². The molecule has 0 amide bonds. The summed E-state index contributed by atoms with van der Waals surface area (Å²) in [6, 6.07) is 16.8. The zero-order valence-electron chi connectivity index (χ0n) is 22.1. The summed E-state index contributed by atoms with van der Waals surface area (Å²) in [5.74, 6) is 0.890. The minimum absolute atomic E-state index is 0.106. The lowest BCUT2D eigenvalue weighted by molar-refractivity contribution is 0.242. The number of sulfonamides is 1. The van der Waals surface area contributed by atoms with E-state index < -0.39 is 10.0 Å². The van der Waals surface area contributed by atoms with Crippen molar-refractivity contribution < 1.29 is 13.2 Å². The van der Waals surface area contributed by atoms with Crippen LogP contribution in [0.3, 0.4) is 0 Å². The van der Waals surface area contributed by atoms with Gasteiger partial charge in [0.15, 0.2) is 0 Å². The smallest absolute Gasteiger partial charge is 0.252 e. The van der Waals surface area contributed by atoms with Crippen molar-refractivity contribution in [1.29, 1.82) is 0 Å². The number of rotatable bonds is 9. The van der Waals surface area contributed by atoms with Gasteiger partial charge in [-0.25, -0.2) is 8.42 Å². The number of thiophene rings is 1. The van der Waals surface area contributed by atoms with Crippen LogP contribution in [0.1, 0.15) is 41.0 Å². The molecule has 0 N–H and O–H groups in total. The van der Waals surface area contributed by atoms with Crippen molar-refractivity contribution in [2.24, 2.45) is 0 Å². The Morgan fingerprint density at radius 3 is 2.44 bits per heavy atom. The lowest BCUT2D eigenvalue weighted by atomic mass is 10.0. The molecule has 1 atom stereocenters. The fraction of sp³-hybridized carbons (Fsp3) is 0.500. The van der Waals surface area contributed by atoms with Gasteiger partial charge in [-0.3, -0.25) is 4.90 Å². The summed E-state index contributed by atoms with van der Waals surface area (Å²) in [6.07, 6.45) is 0.939. The largest absolute Gasteiger partial charge is 0.491 e. The maximum Gasteiger partial charge on any atom is 0.252 e. The highest BCUT2D eigenvalue weighted by atomic mass is 32.2. The van der Waals surface area contributed by atoms with Crippen LogP contribution < -0.4 is 9.64 Å². The Balaban J connectivity index is 1.54. The maximum atomic E-state index is 13.0. The molecule has 3 aromatic rings. The van der Waals surface area contributed by atoms with Crippen LogP contribution >= 0.6 is 11.3 Å². The van der Waals surface area contributed by atoms with Crippen LogP contribution in [0.15, 0.2) is 58.1 Å². The highest BCUT2D eigenvalue weighted by molar-refractivity contribution is 7.91. The van der Waals surface area contributed by atoms with Gasteiger partial charge < -0.3 is 9.64 Å². The van der Waals surface area contributed by atoms with Crippen LogP contribution in [-0.4, -0.2) is 68.5 Å². The van der Waals surface area contributed by atoms with E-state index in [4.69, 9.17) is 4.74 Å². The Bertz CT molecular complexity index is 1240. The number of hydrogen-bond acceptors (Lipinski definition) is 6. The van der Waals surface area contributed by atoms with E-state index in [1.807, 2.05) is 5.38 Å². The first-order chi connectivity index (χ1) is 17.2. The Morgan fingerprint density at radius 1 is 0.972 bits per heavy atom. The molecule has 1 fully saturated rings. The van der Waals surface area contributed by atoms with Crippen molar-refractivity contribution in [3.05, 3.63) is 53.9 Å². The molecule has 2 heterocycles. The molecule has 0 bridgehead atoms. The summed E-state index contributed by atoms with van der Waals surface area (Å²) in [6.45, 7) is 14.4. The summed E-state index contributed by atoms with van der Waals surface area (Å²) in [5.41, 5.74) is 1.18. The topological polar surface area (TPSA) is 53.1 Å². The Kier molecular flexibility index (Phi) is 8.60. The van der Waals surface area contributed by atoms with Gasteiger partial charge in [-0.05, 0) is 70.5 Å². The predicted octanol–water partition coefficient (Wildman–Crippen LogP) is 5.69. The van der Waals surface area contributed by atoms with Gasteiger partial charge in [0, 0.05) is 55.4 Å². The standard InChI is InChI=1S/C28H39N3O3S2/c1-21(2)31(27-19-25(34-22(3)4)18-24-10-6-7-11-26(24)27)23(5)20-29-13-9-14-30(16-15-29)36(32,33)28-12-8-17-35-28/h6-8,10-12,17-19,21-23H,9,13-16,20H2,1-5H3. The number of ether oxygens (including phenoxy) is 1. The molecule has 0 saturated carbocycles. The Morgan fingerprint density at radius 2 is 1.75 bits per heavy atom. The van der Waals surface area contributed by atoms with Crippen LogP contribution in [0.25, 0.3) is 10.8 Å². The summed E-state index contributed by atoms with van der Waals surface area (Å²) in [5, 5.41) is 4.22. The minimum atomic E-state index is -3.40. The fourth-order valence-corrected chi connectivity index (χ4v) is 7.83. The maximum absolute atomic E-state index is 13.0. The molecule has 36 heavy (non-hydrogen) atoms. The summed E-state index contributed by atoms with van der Waals surface area (Å²) in [4.78, 5) is 4.90. The van der Waals surface area contributed by atoms with Crippen LogP contribution in [0.2, 0.25) is 0 Å². The molecule has 196 valence electrons. The average molecular weight is 530 g/mol. The van der Waals surface area contributed by atoms with Crippen LogP contribution in [0.4, 0.5) is 5.69 Å². The third-order valence-corrected chi connectivity index (χ3v) is 9.93. The summed E-state index contributed by atoms with van der Waals surface area (Å²) in [7, 11) is -3.40. The first-order valence-electron chi connectivity index (χ1n) is 12.9. The Labute approximate surface area is 220 Å². The van der Waals surface area contributed by atoms with Gasteiger partial charge in [0.05, 0.1) is 6.10 Å². The quantitative estimate of drug-likeness (QED) is 0.357. The second-order valence-electron chi connectivity index (χ2n) is 10.2. The molecule has 1 aromatic heterocycles. The van der Waals surface area contributed by atoms with Crippen molar-refractivity contribution in [3.8, 4) is 5.75 Å². The fourth-order valence-electron chi connectivity index (χ4n) is 5.21. The molecule has 4 rings (SSSR count). The monoisotopic (exact) mass is 529 g/mol. The first-order valence-corrected chi connectivity index (χ1v) is 15.2. The highest BCUT2D eigenvalue weighted by Crippen LogP contribution is 2.35. The molecule has 0 spiro atoms. The summed E-state index contributed by atoms with van der Waals surface area (Å²) < 4.78 is 34.3. The molecule has 6 nitrogen and oxygen atoms in total. The molecule has 2 aromatic carbocycles. The lowest BCUT2D eigenvalue weighted by Gasteiger charge is -2.38. The van der Waals surface area contributed by atoms with Crippen molar-refractivity contribution in [3.63, 3.8) is 0 Å². The van der Waals surface area contributed by atoms with Crippen molar-refractivity contribution in [1.82, 2.24) is 9.21 Å². The number of fused-ring (bicyclic) bond motifs is 1. The average Bonchev–Trinajstić information content (AvgIpc) is 3.26. The normalized spacial score (nSPS) is 17.0. The van der Waals surface area contributed by atoms with Gasteiger partial charge in [0.1, 0.15) is 9.96 Å². The van der Waals surface area contributed by atoms with Crippen molar-refractivity contribution in [2.45, 2.75) is 63.4 Å². The molecule has 0 radical (unpaired) electrons. The number of benzene rings is 2. The zero-order valence-corrected chi connectivity index (χ0v) is 23.7. The highest BCUT2D eigenvalue weighted by Gasteiger charge is 2.29. The van der Waals surface area contributed by atoms with E-state index in [0.717, 1.165) is 31.8 Å². The number of anilines is 1. The SMILES string of the molecule is CC(C)Oc1cc(N(C(C)C)C(C)CN2CCCN(S(=O)(=O)c3cccs3)CC2)c2ccccc2c1. The van der Waals surface area contributed by atoms with Gasteiger partial charge in [0.2, 0.25) is 0 Å². The van der Waals surface area contributed by atoms with Crippen LogP contribution in [0, 0.1) is 0 Å². The van der Waals surface area contributed by atoms with E-state index in [1.54, 1.807) is 16.4 Å². The van der Waals surface area contributed by atoms with Gasteiger partial charge in [-0.15, -0.1) is 11.3 Å². The van der Waals surface area contributed by atoms with E-state index in [9.17, 15) is 8.42 Å². The van der Waals surface area contributed by atoms with Crippen molar-refractivity contribution >= 4 is 37.8 Å². The lowest BCUT2D eigenvalue weighted by Crippen LogP contribution is -2.46. The van der Waals surface area contributed by atoms with E-state index in [2.05, 4.69) is 80.8 Å². The number of hydrogen-bond donors (Lipinski definition) is 0. The molecule has 1 unspecified atom stereocenters. The second-order valence-corrected chi connectivity index (χ2v) is 13.3. The molecule has 1 aliphatic heterocycles. The van der Waals surface area contributed by atoms with Crippen molar-refractivity contribution in [2.75, 3.05) is 37.6 Å². The second kappa shape index (κ2) is 11.5. The molecule has 0 aliphatic carbocycles. The van der Waals surface area contributed by atoms with Gasteiger partial charge >= 0.3 is 0 Å². The predicted molar refractivity (Wildman–Crippen MR) is 151 cm³/mol. The third kappa shape index (κ3) is 6.05. The molecule has 8 heteroatoms. The summed E-state index contributed by atoms with van der Waals surface area (Å²) >= 11 is 1.29. The van der Waals surface area contributed by atoms with Crippen LogP contribution in [0.5, 0.6) is 5.75 Å². The van der Waals surface area contributed by atoms with E-state index in [1.165, 1.54) is 27.8 Å². The first kappa shape index (κ1) is 26.9. The van der Waals surface area contributed by atoms with Gasteiger partial charge in [-0.2, -0.15) is 4.31 Å². The molecular formula is C28H39N3O3S2. The van der Waals surface area contributed by atoms with Gasteiger partial charge in [-0.1, -0.05) is 30.3 Å². The minimum Gasteiger partial charge on any atom is -0.491 e. The van der Waals surface area contributed by atoms with E-state index in [-0.39, 0.29) is 12.1 Å². The molecule has 1 aliphatic rings. The van der Waals surface area contributed by atoms with Crippen LogP contribution in [-0.2, 0) is 10.0 Å².